The molecule has 0 atom stereocenters. The zero-order valence-electron chi connectivity index (χ0n) is 4.18. The lowest BCUT2D eigenvalue weighted by Gasteiger charge is -1.73. The second kappa shape index (κ2) is 3.69. The highest BCUT2D eigenvalue weighted by atomic mass is 27.2. The van der Waals surface area contributed by atoms with E-state index in [-0.39, 0.29) is 0 Å². The molecule has 0 bridgehead atoms. The second-order valence-electron chi connectivity index (χ2n) is 1.22. The number of nitrogens with zero attached hydrogens (tertiary/aromatic N) is 2. The molecule has 0 radical (unpaired) electrons. The van der Waals surface area contributed by atoms with Gasteiger partial charge in [0.05, 0.1) is 0 Å². The van der Waals surface area contributed by atoms with Crippen molar-refractivity contribution in [2.75, 3.05) is 0 Å². The maximum Gasteiger partial charge on any atom is 0.565 e. The van der Waals surface area contributed by atoms with Gasteiger partial charge in [-0.1, -0.05) is 12.2 Å². The summed E-state index contributed by atoms with van der Waals surface area (Å²) in [7, 11) is 0. The Morgan fingerprint density at radius 2 is 1.86 bits per heavy atom. The van der Waals surface area contributed by atoms with E-state index in [1.165, 1.54) is 0 Å². The van der Waals surface area contributed by atoms with Crippen LogP contribution in [-0.2, 0) is 0 Å². The zero-order chi connectivity index (χ0) is 5.70. The Labute approximate surface area is 47.4 Å². The third-order valence-electron chi connectivity index (χ3n) is 0.720. The summed E-state index contributed by atoms with van der Waals surface area (Å²) in [5, 5.41) is 17.0. The summed E-state index contributed by atoms with van der Waals surface area (Å²) in [6, 6.07) is 0. The summed E-state index contributed by atoms with van der Waals surface area (Å²) in [5.74, 6) is 0. The van der Waals surface area contributed by atoms with Gasteiger partial charge in [-0.05, 0) is 9.86 Å². The maximum absolute atomic E-state index is 8.12. The molecule has 3 heteroatoms. The third kappa shape index (κ3) is 2.24. The van der Waals surface area contributed by atoms with Crippen molar-refractivity contribution in [2.45, 2.75) is 12.2 Å². The first kappa shape index (κ1) is 6.51. The van der Waals surface area contributed by atoms with Gasteiger partial charge >= 0.3 is 14.1 Å². The molecule has 0 aromatic carbocycles. The molecular formula is C4H5AlN2. The van der Waals surface area contributed by atoms with Crippen molar-refractivity contribution in [3.8, 4) is 9.86 Å². The Morgan fingerprint density at radius 3 is 1.86 bits per heavy atom. The van der Waals surface area contributed by atoms with Crippen LogP contribution in [0.5, 0.6) is 0 Å². The first-order valence-electron chi connectivity index (χ1n) is 2.14. The van der Waals surface area contributed by atoms with Crippen LogP contribution >= 0.6 is 0 Å². The molecule has 0 saturated heterocycles. The van der Waals surface area contributed by atoms with Crippen LogP contribution in [0.3, 0.4) is 0 Å². The molecule has 0 N–H and O–H groups in total. The molecule has 0 aliphatic carbocycles. The van der Waals surface area contributed by atoms with Gasteiger partial charge in [0.1, 0.15) is 0 Å². The van der Waals surface area contributed by atoms with Gasteiger partial charge in [0.2, 0.25) is 0 Å². The molecule has 0 rings (SSSR count). The molecule has 0 heterocycles. The van der Waals surface area contributed by atoms with Crippen LogP contribution in [-0.4, -0.2) is 14.1 Å². The van der Waals surface area contributed by atoms with E-state index >= 15 is 0 Å². The topological polar surface area (TPSA) is 47.6 Å². The second-order valence-corrected chi connectivity index (χ2v) is 3.66. The number of rotatable bonds is 1. The van der Waals surface area contributed by atoms with Crippen molar-refractivity contribution in [1.82, 2.24) is 0 Å². The minimum Gasteiger partial charge on any atom is -0.223 e. The van der Waals surface area contributed by atoms with E-state index in [1.807, 2.05) is 16.8 Å². The molecule has 0 aliphatic heterocycles. The average Bonchev–Trinajstić information content (AvgIpc) is 1.72. The highest BCUT2D eigenvalue weighted by molar-refractivity contribution is 6.74. The molecule has 0 saturated carbocycles. The van der Waals surface area contributed by atoms with Gasteiger partial charge in [0, 0.05) is 0 Å². The fourth-order valence-corrected chi connectivity index (χ4v) is 0.634. The molecule has 0 fully saturated rings. The van der Waals surface area contributed by atoms with Gasteiger partial charge in [0.25, 0.3) is 0 Å². The highest BCUT2D eigenvalue weighted by Crippen LogP contribution is 1.83. The quantitative estimate of drug-likeness (QED) is 0.462. The van der Waals surface area contributed by atoms with Gasteiger partial charge in [-0.25, -0.2) is 10.5 Å². The van der Waals surface area contributed by atoms with Gasteiger partial charge in [-0.3, -0.25) is 0 Å². The largest absolute Gasteiger partial charge is 0.565 e. The van der Waals surface area contributed by atoms with Crippen molar-refractivity contribution >= 4 is 14.1 Å². The van der Waals surface area contributed by atoms with Crippen LogP contribution in [0.2, 0.25) is 5.28 Å². The van der Waals surface area contributed by atoms with Gasteiger partial charge in [-0.2, -0.15) is 0 Å². The molecule has 0 spiro atoms. The standard InChI is InChI=1S/C2H5.2CN.Al/c3*1-2;/h1H2,2H3;;;. The molecule has 34 valence electrons. The SMILES string of the molecule is C[CH2][Al]([C]#N)[C]#N. The van der Waals surface area contributed by atoms with Crippen molar-refractivity contribution in [3.05, 3.63) is 0 Å². The first-order valence-corrected chi connectivity index (χ1v) is 4.11. The van der Waals surface area contributed by atoms with E-state index in [4.69, 9.17) is 10.5 Å². The summed E-state index contributed by atoms with van der Waals surface area (Å²) >= 11 is -1.56. The van der Waals surface area contributed by atoms with Crippen LogP contribution in [0.15, 0.2) is 0 Å². The van der Waals surface area contributed by atoms with E-state index in [0.717, 1.165) is 5.28 Å². The maximum atomic E-state index is 8.12. The molecule has 0 unspecified atom stereocenters. The molecule has 2 nitrogen and oxygen atoms in total. The lowest BCUT2D eigenvalue weighted by molar-refractivity contribution is 1.42. The Balaban J connectivity index is 3.50. The van der Waals surface area contributed by atoms with Crippen LogP contribution in [0.25, 0.3) is 0 Å². The lowest BCUT2D eigenvalue weighted by atomic mass is 11.0. The van der Waals surface area contributed by atoms with Crippen LogP contribution < -0.4 is 0 Å². The molecule has 0 aromatic rings. The summed E-state index contributed by atoms with van der Waals surface area (Å²) in [5.41, 5.74) is 0. The van der Waals surface area contributed by atoms with Crippen LogP contribution in [0, 0.1) is 20.4 Å². The summed E-state index contributed by atoms with van der Waals surface area (Å²) in [4.78, 5) is 3.96. The van der Waals surface area contributed by atoms with Gasteiger partial charge < -0.3 is 0 Å². The summed E-state index contributed by atoms with van der Waals surface area (Å²) in [6.45, 7) is 1.88. The first-order chi connectivity index (χ1) is 3.35. The smallest absolute Gasteiger partial charge is 0.223 e. The molecule has 0 amide bonds. The monoisotopic (exact) mass is 108 g/mol. The Morgan fingerprint density at radius 1 is 1.43 bits per heavy atom. The fourth-order valence-electron chi connectivity index (χ4n) is 0.211. The normalized spacial score (nSPS) is 6.14. The third-order valence-corrected chi connectivity index (χ3v) is 2.16. The van der Waals surface area contributed by atoms with E-state index in [1.54, 1.807) is 0 Å². The Hall–Kier alpha value is -0.488. The van der Waals surface area contributed by atoms with Gasteiger partial charge in [0.15, 0.2) is 0 Å². The predicted molar refractivity (Wildman–Crippen MR) is 27.5 cm³/mol. The van der Waals surface area contributed by atoms with Crippen molar-refractivity contribution in [1.29, 1.82) is 10.5 Å². The zero-order valence-corrected chi connectivity index (χ0v) is 5.33. The number of hydrogen-bond acceptors (Lipinski definition) is 2. The average molecular weight is 108 g/mol. The summed E-state index contributed by atoms with van der Waals surface area (Å²) < 4.78 is 0. The van der Waals surface area contributed by atoms with Crippen LogP contribution in [0.1, 0.15) is 6.92 Å². The van der Waals surface area contributed by atoms with Gasteiger partial charge in [-0.15, -0.1) is 0 Å². The molecule has 7 heavy (non-hydrogen) atoms. The Kier molecular flexibility index (Phi) is 3.44. The van der Waals surface area contributed by atoms with Crippen molar-refractivity contribution in [3.63, 3.8) is 0 Å². The minimum absolute atomic E-state index is 0.771. The van der Waals surface area contributed by atoms with E-state index in [9.17, 15) is 0 Å². The fraction of sp³-hybridized carbons (Fsp3) is 0.500. The molecule has 0 aliphatic rings. The Bertz CT molecular complexity index is 105. The minimum atomic E-state index is -1.56. The van der Waals surface area contributed by atoms with Crippen LogP contribution in [0.4, 0.5) is 0 Å². The predicted octanol–water partition coefficient (Wildman–Crippen LogP) is 0.627. The number of nitriles is 2. The summed E-state index contributed by atoms with van der Waals surface area (Å²) in [6.07, 6.45) is 0. The highest BCUT2D eigenvalue weighted by Gasteiger charge is 2.13. The number of hydrogen-bond donors (Lipinski definition) is 0. The molecular weight excluding hydrogens is 103 g/mol. The van der Waals surface area contributed by atoms with Crippen molar-refractivity contribution in [2.24, 2.45) is 0 Å². The van der Waals surface area contributed by atoms with E-state index in [0.29, 0.717) is 0 Å². The lowest BCUT2D eigenvalue weighted by Crippen LogP contribution is -2.02. The van der Waals surface area contributed by atoms with E-state index in [2.05, 4.69) is 0 Å². The van der Waals surface area contributed by atoms with Crippen molar-refractivity contribution < 1.29 is 0 Å². The van der Waals surface area contributed by atoms with E-state index < -0.39 is 14.1 Å². The molecule has 0 aromatic heterocycles.